The highest BCUT2D eigenvalue weighted by Gasteiger charge is 2.07. The molecule has 4 heteroatoms. The van der Waals surface area contributed by atoms with E-state index in [-0.39, 0.29) is 0 Å². The molecule has 0 atom stereocenters. The lowest BCUT2D eigenvalue weighted by molar-refractivity contribution is 0.865. The van der Waals surface area contributed by atoms with Crippen LogP contribution >= 0.6 is 0 Å². The first-order chi connectivity index (χ1) is 6.70. The molecule has 2 aromatic heterocycles. The first-order valence-corrected chi connectivity index (χ1v) is 4.38. The van der Waals surface area contributed by atoms with Crippen LogP contribution in [0.1, 0.15) is 5.82 Å². The molecule has 2 aromatic rings. The van der Waals surface area contributed by atoms with Gasteiger partial charge in [-0.25, -0.2) is 4.98 Å². The van der Waals surface area contributed by atoms with Crippen molar-refractivity contribution in [1.82, 2.24) is 14.5 Å². The number of nitrogens with two attached hydrogens (primary N) is 1. The van der Waals surface area contributed by atoms with Crippen molar-refractivity contribution in [3.8, 4) is 11.3 Å². The summed E-state index contributed by atoms with van der Waals surface area (Å²) in [5, 5.41) is 0. The summed E-state index contributed by atoms with van der Waals surface area (Å²) in [4.78, 5) is 8.17. The molecule has 72 valence electrons. The van der Waals surface area contributed by atoms with Crippen LogP contribution in [0.15, 0.2) is 24.7 Å². The van der Waals surface area contributed by atoms with Gasteiger partial charge < -0.3 is 10.3 Å². The first-order valence-electron chi connectivity index (χ1n) is 4.38. The van der Waals surface area contributed by atoms with E-state index in [1.807, 2.05) is 30.8 Å². The zero-order valence-electron chi connectivity index (χ0n) is 8.23. The van der Waals surface area contributed by atoms with Crippen molar-refractivity contribution >= 4 is 5.69 Å². The van der Waals surface area contributed by atoms with Gasteiger partial charge in [-0.1, -0.05) is 0 Å². The van der Waals surface area contributed by atoms with Crippen LogP contribution in [0.5, 0.6) is 0 Å². The van der Waals surface area contributed by atoms with E-state index >= 15 is 0 Å². The van der Waals surface area contributed by atoms with Gasteiger partial charge in [-0.15, -0.1) is 0 Å². The Kier molecular flexibility index (Phi) is 1.96. The molecule has 2 heterocycles. The summed E-state index contributed by atoms with van der Waals surface area (Å²) >= 11 is 0. The molecule has 0 amide bonds. The number of nitrogen functional groups attached to an aromatic ring is 1. The standard InChI is InChI=1S/C10H12N4/c1-7-13-6-10(14(7)2)8-3-4-12-5-9(8)11/h3-6H,11H2,1-2H3. The third-order valence-electron chi connectivity index (χ3n) is 2.35. The average Bonchev–Trinajstić information content (AvgIpc) is 2.49. The van der Waals surface area contributed by atoms with Gasteiger partial charge in [-0.2, -0.15) is 0 Å². The van der Waals surface area contributed by atoms with Crippen LogP contribution in [-0.4, -0.2) is 14.5 Å². The average molecular weight is 188 g/mol. The number of rotatable bonds is 1. The van der Waals surface area contributed by atoms with Gasteiger partial charge in [0.1, 0.15) is 5.82 Å². The Balaban J connectivity index is 2.60. The Morgan fingerprint density at radius 2 is 2.14 bits per heavy atom. The topological polar surface area (TPSA) is 56.7 Å². The molecule has 0 aliphatic heterocycles. The second kappa shape index (κ2) is 3.14. The Hall–Kier alpha value is -1.84. The van der Waals surface area contributed by atoms with Crippen LogP contribution in [0.25, 0.3) is 11.3 Å². The molecule has 4 nitrogen and oxygen atoms in total. The first kappa shape index (κ1) is 8.74. The predicted octanol–water partition coefficient (Wildman–Crippen LogP) is 1.37. The van der Waals surface area contributed by atoms with Crippen molar-refractivity contribution in [2.75, 3.05) is 5.73 Å². The van der Waals surface area contributed by atoms with Crippen LogP contribution in [0.2, 0.25) is 0 Å². The third kappa shape index (κ3) is 1.25. The van der Waals surface area contributed by atoms with E-state index in [2.05, 4.69) is 9.97 Å². The van der Waals surface area contributed by atoms with Gasteiger partial charge in [-0.3, -0.25) is 4.98 Å². The summed E-state index contributed by atoms with van der Waals surface area (Å²) < 4.78 is 2.01. The SMILES string of the molecule is Cc1ncc(-c2ccncc2N)n1C. The van der Waals surface area contributed by atoms with Gasteiger partial charge >= 0.3 is 0 Å². The lowest BCUT2D eigenvalue weighted by Gasteiger charge is -2.05. The number of aryl methyl sites for hydroxylation is 1. The molecule has 0 fully saturated rings. The maximum absolute atomic E-state index is 5.83. The van der Waals surface area contributed by atoms with Gasteiger partial charge in [0.15, 0.2) is 0 Å². The number of hydrogen-bond acceptors (Lipinski definition) is 3. The molecular formula is C10H12N4. The maximum Gasteiger partial charge on any atom is 0.105 e. The molecule has 0 spiro atoms. The zero-order chi connectivity index (χ0) is 10.1. The van der Waals surface area contributed by atoms with Crippen LogP contribution in [0, 0.1) is 6.92 Å². The van der Waals surface area contributed by atoms with Crippen LogP contribution in [0.3, 0.4) is 0 Å². The Morgan fingerprint density at radius 1 is 1.36 bits per heavy atom. The van der Waals surface area contributed by atoms with Crippen LogP contribution < -0.4 is 5.73 Å². The molecule has 0 saturated heterocycles. The molecule has 14 heavy (non-hydrogen) atoms. The fourth-order valence-corrected chi connectivity index (χ4v) is 1.39. The summed E-state index contributed by atoms with van der Waals surface area (Å²) in [5.41, 5.74) is 8.49. The van der Waals surface area contributed by atoms with E-state index in [1.165, 1.54) is 0 Å². The van der Waals surface area contributed by atoms with Gasteiger partial charge in [0.2, 0.25) is 0 Å². The maximum atomic E-state index is 5.83. The van der Waals surface area contributed by atoms with E-state index in [4.69, 9.17) is 5.73 Å². The summed E-state index contributed by atoms with van der Waals surface area (Å²) in [5.74, 6) is 0.969. The Labute approximate surface area is 82.4 Å². The lowest BCUT2D eigenvalue weighted by Crippen LogP contribution is -1.97. The highest BCUT2D eigenvalue weighted by Crippen LogP contribution is 2.24. The molecule has 0 bridgehead atoms. The summed E-state index contributed by atoms with van der Waals surface area (Å²) in [6, 6.07) is 1.89. The predicted molar refractivity (Wildman–Crippen MR) is 55.6 cm³/mol. The van der Waals surface area contributed by atoms with E-state index in [0.717, 1.165) is 17.1 Å². The molecule has 0 saturated carbocycles. The van der Waals surface area contributed by atoms with Crippen LogP contribution in [-0.2, 0) is 7.05 Å². The number of nitrogens with zero attached hydrogens (tertiary/aromatic N) is 3. The fourth-order valence-electron chi connectivity index (χ4n) is 1.39. The van der Waals surface area contributed by atoms with E-state index < -0.39 is 0 Å². The molecule has 0 radical (unpaired) electrons. The number of anilines is 1. The van der Waals surface area contributed by atoms with Gasteiger partial charge in [0.25, 0.3) is 0 Å². The van der Waals surface area contributed by atoms with Gasteiger partial charge in [0, 0.05) is 18.8 Å². The van der Waals surface area contributed by atoms with Crippen molar-refractivity contribution in [2.24, 2.45) is 7.05 Å². The van der Waals surface area contributed by atoms with Crippen molar-refractivity contribution in [2.45, 2.75) is 6.92 Å². The molecular weight excluding hydrogens is 176 g/mol. The second-order valence-electron chi connectivity index (χ2n) is 3.21. The van der Waals surface area contributed by atoms with Crippen LogP contribution in [0.4, 0.5) is 5.69 Å². The van der Waals surface area contributed by atoms with E-state index in [0.29, 0.717) is 5.69 Å². The minimum Gasteiger partial charge on any atom is -0.397 e. The third-order valence-corrected chi connectivity index (χ3v) is 2.35. The summed E-state index contributed by atoms with van der Waals surface area (Å²) in [6.45, 7) is 1.96. The second-order valence-corrected chi connectivity index (χ2v) is 3.21. The largest absolute Gasteiger partial charge is 0.397 e. The Bertz CT molecular complexity index is 459. The molecule has 0 aromatic carbocycles. The molecule has 0 aliphatic rings. The van der Waals surface area contributed by atoms with E-state index in [1.54, 1.807) is 12.4 Å². The number of aromatic nitrogens is 3. The van der Waals surface area contributed by atoms with Crippen molar-refractivity contribution in [3.05, 3.63) is 30.5 Å². The minimum atomic E-state index is 0.676. The molecule has 2 rings (SSSR count). The highest BCUT2D eigenvalue weighted by molar-refractivity contribution is 5.72. The number of pyridine rings is 1. The minimum absolute atomic E-state index is 0.676. The molecule has 0 unspecified atom stereocenters. The normalized spacial score (nSPS) is 10.4. The quantitative estimate of drug-likeness (QED) is 0.735. The summed E-state index contributed by atoms with van der Waals surface area (Å²) in [7, 11) is 1.97. The number of hydrogen-bond donors (Lipinski definition) is 1. The van der Waals surface area contributed by atoms with Gasteiger partial charge in [0.05, 0.1) is 23.8 Å². The van der Waals surface area contributed by atoms with Crippen molar-refractivity contribution in [1.29, 1.82) is 0 Å². The molecule has 0 aliphatic carbocycles. The lowest BCUT2D eigenvalue weighted by atomic mass is 10.2. The number of imidazole rings is 1. The fraction of sp³-hybridized carbons (Fsp3) is 0.200. The highest BCUT2D eigenvalue weighted by atomic mass is 15.1. The monoisotopic (exact) mass is 188 g/mol. The molecule has 2 N–H and O–H groups in total. The Morgan fingerprint density at radius 3 is 2.71 bits per heavy atom. The van der Waals surface area contributed by atoms with Crippen molar-refractivity contribution < 1.29 is 0 Å². The van der Waals surface area contributed by atoms with E-state index in [9.17, 15) is 0 Å². The van der Waals surface area contributed by atoms with Crippen molar-refractivity contribution in [3.63, 3.8) is 0 Å². The van der Waals surface area contributed by atoms with Gasteiger partial charge in [-0.05, 0) is 13.0 Å². The summed E-state index contributed by atoms with van der Waals surface area (Å²) in [6.07, 6.45) is 5.20. The smallest absolute Gasteiger partial charge is 0.105 e. The zero-order valence-corrected chi connectivity index (χ0v) is 8.23.